The molecule has 0 radical (unpaired) electrons. The maximum atomic E-state index is 12.1. The van der Waals surface area contributed by atoms with Crippen molar-refractivity contribution in [3.8, 4) is 0 Å². The third-order valence-corrected chi connectivity index (χ3v) is 3.35. The average Bonchev–Trinajstić information content (AvgIpc) is 2.45. The van der Waals surface area contributed by atoms with Crippen LogP contribution in [-0.4, -0.2) is 36.0 Å². The number of rotatable bonds is 9. The molecule has 2 N–H and O–H groups in total. The SMILES string of the molecule is CCCNc1ncccc1C(=O)NCCCCSC. The van der Waals surface area contributed by atoms with Crippen LogP contribution in [0.5, 0.6) is 0 Å². The minimum absolute atomic E-state index is 0.0455. The summed E-state index contributed by atoms with van der Waals surface area (Å²) in [5, 5.41) is 6.13. The van der Waals surface area contributed by atoms with Crippen LogP contribution in [-0.2, 0) is 0 Å². The maximum Gasteiger partial charge on any atom is 0.255 e. The van der Waals surface area contributed by atoms with E-state index in [1.807, 2.05) is 17.8 Å². The van der Waals surface area contributed by atoms with Gasteiger partial charge in [-0.05, 0) is 43.4 Å². The fraction of sp³-hybridized carbons (Fsp3) is 0.571. The van der Waals surface area contributed by atoms with E-state index in [4.69, 9.17) is 0 Å². The Bertz CT molecular complexity index is 385. The van der Waals surface area contributed by atoms with Gasteiger partial charge < -0.3 is 10.6 Å². The van der Waals surface area contributed by atoms with Gasteiger partial charge in [0.05, 0.1) is 5.56 Å². The van der Waals surface area contributed by atoms with Crippen molar-refractivity contribution < 1.29 is 4.79 Å². The van der Waals surface area contributed by atoms with Gasteiger partial charge in [-0.3, -0.25) is 4.79 Å². The average molecular weight is 281 g/mol. The summed E-state index contributed by atoms with van der Waals surface area (Å²) in [7, 11) is 0. The summed E-state index contributed by atoms with van der Waals surface area (Å²) in [6.45, 7) is 3.63. The number of thioether (sulfide) groups is 1. The molecule has 1 aromatic rings. The van der Waals surface area contributed by atoms with Crippen LogP contribution in [0.2, 0.25) is 0 Å². The van der Waals surface area contributed by atoms with E-state index in [0.717, 1.165) is 38.1 Å². The van der Waals surface area contributed by atoms with Crippen molar-refractivity contribution in [2.75, 3.05) is 30.4 Å². The van der Waals surface area contributed by atoms with E-state index in [1.165, 1.54) is 0 Å². The number of anilines is 1. The van der Waals surface area contributed by atoms with Crippen molar-refractivity contribution >= 4 is 23.5 Å². The van der Waals surface area contributed by atoms with Crippen molar-refractivity contribution in [2.45, 2.75) is 26.2 Å². The number of nitrogens with one attached hydrogen (secondary N) is 2. The van der Waals surface area contributed by atoms with Crippen molar-refractivity contribution in [3.05, 3.63) is 23.9 Å². The monoisotopic (exact) mass is 281 g/mol. The standard InChI is InChI=1S/C14H23N3OS/c1-3-8-15-13-12(7-6-10-16-13)14(18)17-9-4-5-11-19-2/h6-7,10H,3-5,8-9,11H2,1-2H3,(H,15,16)(H,17,18). The lowest BCUT2D eigenvalue weighted by Gasteiger charge is -2.10. The molecule has 5 heteroatoms. The van der Waals surface area contributed by atoms with Crippen LogP contribution in [0.3, 0.4) is 0 Å². The number of unbranched alkanes of at least 4 members (excludes halogenated alkanes) is 1. The van der Waals surface area contributed by atoms with E-state index in [1.54, 1.807) is 12.3 Å². The number of pyridine rings is 1. The first-order chi connectivity index (χ1) is 9.29. The summed E-state index contributed by atoms with van der Waals surface area (Å²) in [5.41, 5.74) is 0.626. The summed E-state index contributed by atoms with van der Waals surface area (Å²) in [4.78, 5) is 16.3. The zero-order valence-corrected chi connectivity index (χ0v) is 12.6. The number of aromatic nitrogens is 1. The van der Waals surface area contributed by atoms with Gasteiger partial charge in [0, 0.05) is 19.3 Å². The molecule has 0 aliphatic heterocycles. The summed E-state index contributed by atoms with van der Waals surface area (Å²) >= 11 is 1.84. The second-order valence-corrected chi connectivity index (χ2v) is 5.27. The molecule has 0 fully saturated rings. The highest BCUT2D eigenvalue weighted by Gasteiger charge is 2.10. The predicted octanol–water partition coefficient (Wildman–Crippen LogP) is 2.78. The molecule has 106 valence electrons. The topological polar surface area (TPSA) is 54.0 Å². The Balaban J connectivity index is 2.46. The molecule has 19 heavy (non-hydrogen) atoms. The van der Waals surface area contributed by atoms with E-state index < -0.39 is 0 Å². The Kier molecular flexibility index (Phi) is 8.05. The van der Waals surface area contributed by atoms with Crippen molar-refractivity contribution in [1.29, 1.82) is 0 Å². The minimum Gasteiger partial charge on any atom is -0.369 e. The first-order valence-corrected chi connectivity index (χ1v) is 8.15. The van der Waals surface area contributed by atoms with E-state index in [0.29, 0.717) is 11.4 Å². The van der Waals surface area contributed by atoms with E-state index in [-0.39, 0.29) is 5.91 Å². The van der Waals surface area contributed by atoms with E-state index in [2.05, 4.69) is 28.8 Å². The number of nitrogens with zero attached hydrogens (tertiary/aromatic N) is 1. The molecule has 0 aromatic carbocycles. The highest BCUT2D eigenvalue weighted by Crippen LogP contribution is 2.11. The zero-order valence-electron chi connectivity index (χ0n) is 11.7. The molecule has 0 spiro atoms. The van der Waals surface area contributed by atoms with Gasteiger partial charge in [-0.2, -0.15) is 11.8 Å². The maximum absolute atomic E-state index is 12.1. The number of carbonyl (C=O) groups excluding carboxylic acids is 1. The van der Waals surface area contributed by atoms with Gasteiger partial charge in [0.2, 0.25) is 0 Å². The number of hydrogen-bond donors (Lipinski definition) is 2. The Hall–Kier alpha value is -1.23. The highest BCUT2D eigenvalue weighted by molar-refractivity contribution is 7.98. The highest BCUT2D eigenvalue weighted by atomic mass is 32.2. The van der Waals surface area contributed by atoms with Crippen molar-refractivity contribution in [3.63, 3.8) is 0 Å². The van der Waals surface area contributed by atoms with Crippen molar-refractivity contribution in [2.24, 2.45) is 0 Å². The molecule has 0 saturated heterocycles. The Morgan fingerprint density at radius 3 is 2.95 bits per heavy atom. The molecule has 0 saturated carbocycles. The van der Waals surface area contributed by atoms with Crippen LogP contribution in [0.4, 0.5) is 5.82 Å². The lowest BCUT2D eigenvalue weighted by Crippen LogP contribution is -2.26. The summed E-state index contributed by atoms with van der Waals surface area (Å²) in [6.07, 6.45) is 6.96. The fourth-order valence-electron chi connectivity index (χ4n) is 1.64. The van der Waals surface area contributed by atoms with Crippen LogP contribution in [0.15, 0.2) is 18.3 Å². The Morgan fingerprint density at radius 1 is 1.37 bits per heavy atom. The summed E-state index contributed by atoms with van der Waals surface area (Å²) < 4.78 is 0. The molecule has 1 aromatic heterocycles. The lowest BCUT2D eigenvalue weighted by molar-refractivity contribution is 0.0953. The first kappa shape index (κ1) is 15.8. The molecule has 1 heterocycles. The van der Waals surface area contributed by atoms with E-state index in [9.17, 15) is 4.79 Å². The molecular formula is C14H23N3OS. The number of hydrogen-bond acceptors (Lipinski definition) is 4. The third kappa shape index (κ3) is 5.96. The summed E-state index contributed by atoms with van der Waals surface area (Å²) in [5.74, 6) is 1.77. The first-order valence-electron chi connectivity index (χ1n) is 6.75. The zero-order chi connectivity index (χ0) is 13.9. The van der Waals surface area contributed by atoms with Crippen LogP contribution < -0.4 is 10.6 Å². The fourth-order valence-corrected chi connectivity index (χ4v) is 2.13. The van der Waals surface area contributed by atoms with Gasteiger partial charge in [0.25, 0.3) is 5.91 Å². The molecule has 0 bridgehead atoms. The van der Waals surface area contributed by atoms with Gasteiger partial charge in [-0.15, -0.1) is 0 Å². The van der Waals surface area contributed by atoms with Gasteiger partial charge in [0.15, 0.2) is 0 Å². The largest absolute Gasteiger partial charge is 0.369 e. The quantitative estimate of drug-likeness (QED) is 0.683. The van der Waals surface area contributed by atoms with Gasteiger partial charge in [-0.25, -0.2) is 4.98 Å². The second kappa shape index (κ2) is 9.67. The third-order valence-electron chi connectivity index (χ3n) is 2.66. The van der Waals surface area contributed by atoms with Crippen molar-refractivity contribution in [1.82, 2.24) is 10.3 Å². The molecule has 0 aliphatic rings. The number of amides is 1. The number of carbonyl (C=O) groups is 1. The smallest absolute Gasteiger partial charge is 0.255 e. The van der Waals surface area contributed by atoms with Gasteiger partial charge >= 0.3 is 0 Å². The van der Waals surface area contributed by atoms with Gasteiger partial charge in [-0.1, -0.05) is 6.92 Å². The van der Waals surface area contributed by atoms with Gasteiger partial charge in [0.1, 0.15) is 5.82 Å². The summed E-state index contributed by atoms with van der Waals surface area (Å²) in [6, 6.07) is 3.60. The molecule has 1 rings (SSSR count). The molecule has 0 aliphatic carbocycles. The van der Waals surface area contributed by atoms with E-state index >= 15 is 0 Å². The molecular weight excluding hydrogens is 258 g/mol. The Morgan fingerprint density at radius 2 is 2.21 bits per heavy atom. The molecule has 1 amide bonds. The molecule has 0 atom stereocenters. The Labute approximate surface area is 119 Å². The second-order valence-electron chi connectivity index (χ2n) is 4.28. The molecule has 0 unspecified atom stereocenters. The van der Waals surface area contributed by atoms with Crippen LogP contribution in [0.1, 0.15) is 36.5 Å². The van der Waals surface area contributed by atoms with Crippen LogP contribution >= 0.6 is 11.8 Å². The van der Waals surface area contributed by atoms with Crippen LogP contribution in [0, 0.1) is 0 Å². The normalized spacial score (nSPS) is 10.2. The van der Waals surface area contributed by atoms with Crippen LogP contribution in [0.25, 0.3) is 0 Å². The lowest BCUT2D eigenvalue weighted by atomic mass is 10.2. The predicted molar refractivity (Wildman–Crippen MR) is 83.0 cm³/mol. The minimum atomic E-state index is -0.0455. The molecule has 4 nitrogen and oxygen atoms in total.